The van der Waals surface area contributed by atoms with Crippen LogP contribution in [-0.4, -0.2) is 11.5 Å². The molecule has 1 aliphatic carbocycles. The lowest BCUT2D eigenvalue weighted by Crippen LogP contribution is -2.41. The van der Waals surface area contributed by atoms with Crippen LogP contribution < -0.4 is 5.73 Å². The molecular weight excluding hydrogens is 348 g/mol. The highest BCUT2D eigenvalue weighted by atomic mass is 35.5. The molecule has 114 valence electrons. The van der Waals surface area contributed by atoms with Crippen molar-refractivity contribution in [2.45, 2.75) is 5.92 Å². The number of nitriles is 3. The molecule has 2 aliphatic rings. The molecule has 7 heteroatoms. The summed E-state index contributed by atoms with van der Waals surface area (Å²) in [5.74, 6) is 1.15. The summed E-state index contributed by atoms with van der Waals surface area (Å²) in [5, 5.41) is 29.0. The fourth-order valence-corrected chi connectivity index (χ4v) is 5.55. The number of hydrogen-bond donors (Lipinski definition) is 1. The van der Waals surface area contributed by atoms with Crippen LogP contribution in [0.4, 0.5) is 0 Å². The Balaban J connectivity index is 2.30. The lowest BCUT2D eigenvalue weighted by atomic mass is 9.62. The van der Waals surface area contributed by atoms with Crippen LogP contribution in [0.15, 0.2) is 35.1 Å². The summed E-state index contributed by atoms with van der Waals surface area (Å²) in [5.41, 5.74) is 5.74. The van der Waals surface area contributed by atoms with E-state index in [4.69, 9.17) is 17.3 Å². The predicted octanol–water partition coefficient (Wildman–Crippen LogP) is 3.56. The van der Waals surface area contributed by atoms with Gasteiger partial charge in [0.15, 0.2) is 0 Å². The molecule has 0 bridgehead atoms. The van der Waals surface area contributed by atoms with Crippen LogP contribution in [-0.2, 0) is 0 Å². The quantitative estimate of drug-likeness (QED) is 0.774. The molecule has 1 aromatic heterocycles. The third-order valence-corrected chi connectivity index (χ3v) is 6.63. The SMILES string of the molecule is N#CC1=C(N)C(C#N)(C#N)C2=CCSC[C@H]2[C@H]1c1ccc(Cl)s1. The van der Waals surface area contributed by atoms with Gasteiger partial charge in [-0.05, 0) is 17.7 Å². The van der Waals surface area contributed by atoms with Crippen LogP contribution in [0, 0.1) is 45.3 Å². The van der Waals surface area contributed by atoms with E-state index in [1.54, 1.807) is 17.8 Å². The zero-order valence-electron chi connectivity index (χ0n) is 11.9. The molecule has 0 unspecified atom stereocenters. The van der Waals surface area contributed by atoms with E-state index in [9.17, 15) is 15.8 Å². The first kappa shape index (κ1) is 16.0. The first-order chi connectivity index (χ1) is 11.1. The molecule has 0 aromatic carbocycles. The summed E-state index contributed by atoms with van der Waals surface area (Å²) in [6.45, 7) is 0. The fourth-order valence-electron chi connectivity index (χ4n) is 3.26. The Hall–Kier alpha value is -1.91. The van der Waals surface area contributed by atoms with Crippen molar-refractivity contribution >= 4 is 34.7 Å². The van der Waals surface area contributed by atoms with Crippen molar-refractivity contribution in [1.82, 2.24) is 0 Å². The van der Waals surface area contributed by atoms with E-state index in [1.807, 2.05) is 12.1 Å². The summed E-state index contributed by atoms with van der Waals surface area (Å²) in [6, 6.07) is 9.96. The number of nitrogens with two attached hydrogens (primary N) is 1. The Kier molecular flexibility index (Phi) is 4.13. The van der Waals surface area contributed by atoms with Crippen LogP contribution in [0.25, 0.3) is 0 Å². The van der Waals surface area contributed by atoms with Gasteiger partial charge in [-0.1, -0.05) is 17.7 Å². The Morgan fingerprint density at radius 3 is 2.57 bits per heavy atom. The molecule has 0 radical (unpaired) electrons. The van der Waals surface area contributed by atoms with Crippen LogP contribution in [0.2, 0.25) is 4.34 Å². The molecule has 2 N–H and O–H groups in total. The van der Waals surface area contributed by atoms with Crippen LogP contribution >= 0.6 is 34.7 Å². The topological polar surface area (TPSA) is 97.4 Å². The molecule has 0 fully saturated rings. The zero-order valence-corrected chi connectivity index (χ0v) is 14.3. The summed E-state index contributed by atoms with van der Waals surface area (Å²) in [6.07, 6.45) is 1.93. The largest absolute Gasteiger partial charge is 0.399 e. The van der Waals surface area contributed by atoms with Crippen molar-refractivity contribution in [2.24, 2.45) is 17.1 Å². The van der Waals surface area contributed by atoms with Crippen molar-refractivity contribution in [1.29, 1.82) is 15.8 Å². The fraction of sp³-hybridized carbons (Fsp3) is 0.312. The molecular formula is C16H11ClN4S2. The van der Waals surface area contributed by atoms with Crippen molar-refractivity contribution in [3.8, 4) is 18.2 Å². The second-order valence-corrected chi connectivity index (χ2v) is 8.16. The van der Waals surface area contributed by atoms with E-state index in [2.05, 4.69) is 18.2 Å². The maximum Gasteiger partial charge on any atom is 0.204 e. The summed E-state index contributed by atoms with van der Waals surface area (Å²) < 4.78 is 0.641. The van der Waals surface area contributed by atoms with Gasteiger partial charge in [0.2, 0.25) is 5.41 Å². The normalized spacial score (nSPS) is 25.6. The van der Waals surface area contributed by atoms with Gasteiger partial charge in [0.25, 0.3) is 0 Å². The van der Waals surface area contributed by atoms with Gasteiger partial charge in [0, 0.05) is 28.2 Å². The first-order valence-electron chi connectivity index (χ1n) is 6.85. The van der Waals surface area contributed by atoms with Crippen molar-refractivity contribution in [3.63, 3.8) is 0 Å². The number of thiophene rings is 1. The molecule has 3 rings (SSSR count). The van der Waals surface area contributed by atoms with Gasteiger partial charge in [0.1, 0.15) is 0 Å². The minimum atomic E-state index is -1.53. The predicted molar refractivity (Wildman–Crippen MR) is 91.5 cm³/mol. The number of fused-ring (bicyclic) bond motifs is 1. The standard InChI is InChI=1S/C16H11ClN4S2/c17-13-2-1-12(23-13)14-9(5-18)15(21)16(7-19,8-20)11-3-4-22-6-10(11)14/h1-3,10,14H,4,6,21H2/t10-,14+/m1/s1. The highest BCUT2D eigenvalue weighted by Gasteiger charge is 2.52. The lowest BCUT2D eigenvalue weighted by molar-refractivity contribution is 0.480. The summed E-state index contributed by atoms with van der Waals surface area (Å²) in [4.78, 5) is 0.942. The molecule has 2 atom stereocenters. The maximum absolute atomic E-state index is 9.66. The maximum atomic E-state index is 9.66. The molecule has 23 heavy (non-hydrogen) atoms. The molecule has 1 aromatic rings. The number of thioether (sulfide) groups is 1. The van der Waals surface area contributed by atoms with E-state index in [-0.39, 0.29) is 17.5 Å². The van der Waals surface area contributed by atoms with Gasteiger partial charge in [-0.25, -0.2) is 0 Å². The minimum Gasteiger partial charge on any atom is -0.399 e. The van der Waals surface area contributed by atoms with Gasteiger partial charge in [-0.2, -0.15) is 27.5 Å². The summed E-state index contributed by atoms with van der Waals surface area (Å²) >= 11 is 9.19. The lowest BCUT2D eigenvalue weighted by Gasteiger charge is -2.41. The van der Waals surface area contributed by atoms with Gasteiger partial charge in [0.05, 0.1) is 33.8 Å². The monoisotopic (exact) mass is 358 g/mol. The number of halogens is 1. The highest BCUT2D eigenvalue weighted by molar-refractivity contribution is 7.99. The summed E-state index contributed by atoms with van der Waals surface area (Å²) in [7, 11) is 0. The van der Waals surface area contributed by atoms with Gasteiger partial charge >= 0.3 is 0 Å². The Labute approximate surface area is 147 Å². The van der Waals surface area contributed by atoms with E-state index < -0.39 is 5.41 Å². The highest BCUT2D eigenvalue weighted by Crippen LogP contribution is 2.54. The molecule has 0 spiro atoms. The van der Waals surface area contributed by atoms with Gasteiger partial charge < -0.3 is 5.73 Å². The van der Waals surface area contributed by atoms with E-state index >= 15 is 0 Å². The van der Waals surface area contributed by atoms with E-state index in [1.165, 1.54) is 11.3 Å². The van der Waals surface area contributed by atoms with Crippen molar-refractivity contribution < 1.29 is 0 Å². The molecule has 1 aliphatic heterocycles. The third-order valence-electron chi connectivity index (χ3n) is 4.31. The Bertz CT molecular complexity index is 833. The van der Waals surface area contributed by atoms with Crippen molar-refractivity contribution in [2.75, 3.05) is 11.5 Å². The second-order valence-electron chi connectivity index (χ2n) is 5.34. The Morgan fingerprint density at radius 1 is 1.26 bits per heavy atom. The first-order valence-corrected chi connectivity index (χ1v) is 9.20. The third kappa shape index (κ3) is 2.25. The average molecular weight is 359 g/mol. The van der Waals surface area contributed by atoms with Crippen LogP contribution in [0.5, 0.6) is 0 Å². The minimum absolute atomic E-state index is 0.0638. The Morgan fingerprint density at radius 2 is 2.00 bits per heavy atom. The van der Waals surface area contributed by atoms with E-state index in [0.717, 1.165) is 22.0 Å². The van der Waals surface area contributed by atoms with Gasteiger partial charge in [-0.15, -0.1) is 11.3 Å². The van der Waals surface area contributed by atoms with E-state index in [0.29, 0.717) is 9.91 Å². The number of rotatable bonds is 1. The zero-order chi connectivity index (χ0) is 16.6. The van der Waals surface area contributed by atoms with Crippen LogP contribution in [0.1, 0.15) is 10.8 Å². The average Bonchev–Trinajstić information content (AvgIpc) is 3.00. The van der Waals surface area contributed by atoms with Gasteiger partial charge in [-0.3, -0.25) is 0 Å². The molecule has 4 nitrogen and oxygen atoms in total. The number of hydrogen-bond acceptors (Lipinski definition) is 6. The molecule has 2 heterocycles. The molecule has 0 amide bonds. The van der Waals surface area contributed by atoms with Crippen LogP contribution in [0.3, 0.4) is 0 Å². The number of nitrogens with zero attached hydrogens (tertiary/aromatic N) is 3. The molecule has 0 saturated heterocycles. The molecule has 0 saturated carbocycles. The smallest absolute Gasteiger partial charge is 0.204 e. The second kappa shape index (κ2) is 5.95. The van der Waals surface area contributed by atoms with Crippen molar-refractivity contribution in [3.05, 3.63) is 44.3 Å². The number of allylic oxidation sites excluding steroid dienone is 2.